The second-order valence-electron chi connectivity index (χ2n) is 4.67. The second-order valence-corrected chi connectivity index (χ2v) is 4.67. The summed E-state index contributed by atoms with van der Waals surface area (Å²) in [5.74, 6) is -1.32. The highest BCUT2D eigenvalue weighted by Gasteiger charge is 2.27. The summed E-state index contributed by atoms with van der Waals surface area (Å²) in [4.78, 5) is 22.2. The minimum absolute atomic E-state index is 0.0461. The van der Waals surface area contributed by atoms with Crippen LogP contribution in [0.5, 0.6) is 0 Å². The fourth-order valence-electron chi connectivity index (χ4n) is 1.77. The Hall–Kier alpha value is -1.14. The van der Waals surface area contributed by atoms with Crippen molar-refractivity contribution >= 4 is 11.9 Å². The Bertz CT molecular complexity index is 284. The number of amides is 1. The predicted molar refractivity (Wildman–Crippen MR) is 59.4 cm³/mol. The highest BCUT2D eigenvalue weighted by atomic mass is 16.5. The first-order valence-electron chi connectivity index (χ1n) is 5.70. The van der Waals surface area contributed by atoms with Gasteiger partial charge in [-0.25, -0.2) is 0 Å². The minimum atomic E-state index is -1.41. The summed E-state index contributed by atoms with van der Waals surface area (Å²) in [7, 11) is 0. The molecule has 1 atom stereocenters. The number of carbonyl (C=O) groups is 2. The number of carbonyl (C=O) groups excluding carboxylic acids is 1. The van der Waals surface area contributed by atoms with Gasteiger partial charge in [0.15, 0.2) is 0 Å². The van der Waals surface area contributed by atoms with E-state index in [9.17, 15) is 14.7 Å². The summed E-state index contributed by atoms with van der Waals surface area (Å²) in [6.45, 7) is 2.49. The van der Waals surface area contributed by atoms with Crippen LogP contribution in [-0.2, 0) is 14.3 Å². The molecule has 1 unspecified atom stereocenters. The summed E-state index contributed by atoms with van der Waals surface area (Å²) in [6.07, 6.45) is 0.959. The number of aliphatic carboxylic acids is 1. The van der Waals surface area contributed by atoms with E-state index in [4.69, 9.17) is 9.84 Å². The molecule has 1 aliphatic rings. The summed E-state index contributed by atoms with van der Waals surface area (Å²) < 4.78 is 5.14. The zero-order chi connectivity index (χ0) is 12.9. The molecule has 0 aromatic carbocycles. The highest BCUT2D eigenvalue weighted by molar-refractivity contribution is 5.78. The molecular formula is C11H19NO5. The predicted octanol–water partition coefficient (Wildman–Crippen LogP) is -0.245. The number of hydrogen-bond acceptors (Lipinski definition) is 4. The molecule has 1 aliphatic heterocycles. The molecule has 1 fully saturated rings. The smallest absolute Gasteiger partial charge is 0.306 e. The fourth-order valence-corrected chi connectivity index (χ4v) is 1.77. The van der Waals surface area contributed by atoms with Gasteiger partial charge in [0.05, 0.1) is 12.0 Å². The average molecular weight is 245 g/mol. The molecule has 6 heteroatoms. The molecule has 0 aromatic heterocycles. The molecule has 1 saturated heterocycles. The van der Waals surface area contributed by atoms with Gasteiger partial charge in [-0.15, -0.1) is 0 Å². The Morgan fingerprint density at radius 1 is 1.41 bits per heavy atom. The van der Waals surface area contributed by atoms with Crippen LogP contribution in [-0.4, -0.2) is 47.4 Å². The average Bonchev–Trinajstić information content (AvgIpc) is 2.25. The van der Waals surface area contributed by atoms with Crippen LogP contribution in [0.15, 0.2) is 0 Å². The molecule has 0 bridgehead atoms. The van der Waals surface area contributed by atoms with Gasteiger partial charge in [0, 0.05) is 25.7 Å². The van der Waals surface area contributed by atoms with Crippen molar-refractivity contribution in [1.82, 2.24) is 5.32 Å². The number of hydrogen-bond donors (Lipinski definition) is 3. The third kappa shape index (κ3) is 5.14. The highest BCUT2D eigenvalue weighted by Crippen LogP contribution is 2.15. The van der Waals surface area contributed by atoms with E-state index in [0.717, 1.165) is 0 Å². The van der Waals surface area contributed by atoms with Crippen LogP contribution in [0.4, 0.5) is 0 Å². The third-order valence-electron chi connectivity index (χ3n) is 2.77. The fraction of sp³-hybridized carbons (Fsp3) is 0.818. The molecule has 0 saturated carbocycles. The van der Waals surface area contributed by atoms with Crippen LogP contribution in [0.2, 0.25) is 0 Å². The summed E-state index contributed by atoms with van der Waals surface area (Å²) in [5.41, 5.74) is -1.41. The van der Waals surface area contributed by atoms with Crippen LogP contribution in [0.3, 0.4) is 0 Å². The number of carboxylic acid groups (broad SMARTS) is 1. The van der Waals surface area contributed by atoms with Crippen LogP contribution >= 0.6 is 0 Å². The van der Waals surface area contributed by atoms with Crippen molar-refractivity contribution in [3.05, 3.63) is 0 Å². The molecule has 1 amide bonds. The molecule has 98 valence electrons. The maximum atomic E-state index is 11.7. The van der Waals surface area contributed by atoms with E-state index in [-0.39, 0.29) is 24.8 Å². The van der Waals surface area contributed by atoms with E-state index in [1.807, 2.05) is 0 Å². The van der Waals surface area contributed by atoms with Gasteiger partial charge in [-0.05, 0) is 19.8 Å². The van der Waals surface area contributed by atoms with Crippen molar-refractivity contribution in [2.24, 2.45) is 5.92 Å². The number of nitrogens with one attached hydrogen (secondary N) is 1. The van der Waals surface area contributed by atoms with Gasteiger partial charge in [0.25, 0.3) is 0 Å². The van der Waals surface area contributed by atoms with E-state index in [1.165, 1.54) is 6.92 Å². The van der Waals surface area contributed by atoms with Gasteiger partial charge in [-0.3, -0.25) is 9.59 Å². The normalized spacial score (nSPS) is 20.6. The standard InChI is InChI=1S/C11H19NO5/c1-11(16,6-9(13)14)7-12-10(15)8-2-4-17-5-3-8/h8,16H,2-7H2,1H3,(H,12,15)(H,13,14). The Balaban J connectivity index is 2.33. The SMILES string of the molecule is CC(O)(CNC(=O)C1CCOCC1)CC(=O)O. The van der Waals surface area contributed by atoms with Gasteiger partial charge in [0.1, 0.15) is 0 Å². The Morgan fingerprint density at radius 3 is 2.53 bits per heavy atom. The van der Waals surface area contributed by atoms with Gasteiger partial charge in [-0.1, -0.05) is 0 Å². The monoisotopic (exact) mass is 245 g/mol. The largest absolute Gasteiger partial charge is 0.481 e. The molecule has 1 heterocycles. The molecule has 0 radical (unpaired) electrons. The zero-order valence-electron chi connectivity index (χ0n) is 9.94. The first-order chi connectivity index (χ1) is 7.91. The summed E-state index contributed by atoms with van der Waals surface area (Å²) >= 11 is 0. The number of rotatable bonds is 5. The first-order valence-corrected chi connectivity index (χ1v) is 5.70. The molecule has 0 aliphatic carbocycles. The van der Waals surface area contributed by atoms with E-state index in [1.54, 1.807) is 0 Å². The van der Waals surface area contributed by atoms with Gasteiger partial charge >= 0.3 is 5.97 Å². The van der Waals surface area contributed by atoms with Crippen molar-refractivity contribution in [2.45, 2.75) is 31.8 Å². The third-order valence-corrected chi connectivity index (χ3v) is 2.77. The molecule has 6 nitrogen and oxygen atoms in total. The van der Waals surface area contributed by atoms with E-state index < -0.39 is 11.6 Å². The van der Waals surface area contributed by atoms with Crippen molar-refractivity contribution in [1.29, 1.82) is 0 Å². The molecule has 0 spiro atoms. The zero-order valence-corrected chi connectivity index (χ0v) is 9.94. The second kappa shape index (κ2) is 5.97. The Labute approximate surface area is 100.0 Å². The lowest BCUT2D eigenvalue weighted by Crippen LogP contribution is -2.44. The van der Waals surface area contributed by atoms with Crippen LogP contribution in [0.25, 0.3) is 0 Å². The quantitative estimate of drug-likeness (QED) is 0.621. The lowest BCUT2D eigenvalue weighted by molar-refractivity contribution is -0.142. The molecular weight excluding hydrogens is 226 g/mol. The first kappa shape index (κ1) is 13.9. The maximum Gasteiger partial charge on any atom is 0.306 e. The minimum Gasteiger partial charge on any atom is -0.481 e. The lowest BCUT2D eigenvalue weighted by Gasteiger charge is -2.25. The van der Waals surface area contributed by atoms with Crippen LogP contribution in [0.1, 0.15) is 26.2 Å². The van der Waals surface area contributed by atoms with E-state index in [0.29, 0.717) is 26.1 Å². The van der Waals surface area contributed by atoms with Crippen molar-refractivity contribution in [2.75, 3.05) is 19.8 Å². The molecule has 0 aromatic rings. The Morgan fingerprint density at radius 2 is 2.00 bits per heavy atom. The molecule has 1 rings (SSSR count). The summed E-state index contributed by atoms with van der Waals surface area (Å²) in [5, 5.41) is 20.9. The van der Waals surface area contributed by atoms with Gasteiger partial charge < -0.3 is 20.3 Å². The van der Waals surface area contributed by atoms with E-state index in [2.05, 4.69) is 5.32 Å². The molecule has 17 heavy (non-hydrogen) atoms. The number of aliphatic hydroxyl groups is 1. The molecule has 3 N–H and O–H groups in total. The van der Waals surface area contributed by atoms with Crippen LogP contribution in [0, 0.1) is 5.92 Å². The topological polar surface area (TPSA) is 95.9 Å². The van der Waals surface area contributed by atoms with Crippen molar-refractivity contribution < 1.29 is 24.5 Å². The Kier molecular flexibility index (Phi) is 4.89. The lowest BCUT2D eigenvalue weighted by atomic mass is 9.98. The van der Waals surface area contributed by atoms with Crippen molar-refractivity contribution in [3.63, 3.8) is 0 Å². The van der Waals surface area contributed by atoms with Gasteiger partial charge in [0.2, 0.25) is 5.91 Å². The maximum absolute atomic E-state index is 11.7. The van der Waals surface area contributed by atoms with Crippen LogP contribution < -0.4 is 5.32 Å². The van der Waals surface area contributed by atoms with Crippen molar-refractivity contribution in [3.8, 4) is 0 Å². The summed E-state index contributed by atoms with van der Waals surface area (Å²) in [6, 6.07) is 0. The van der Waals surface area contributed by atoms with Gasteiger partial charge in [-0.2, -0.15) is 0 Å². The van der Waals surface area contributed by atoms with E-state index >= 15 is 0 Å². The number of carboxylic acids is 1. The number of ether oxygens (including phenoxy) is 1.